The highest BCUT2D eigenvalue weighted by Crippen LogP contribution is 2.29. The van der Waals surface area contributed by atoms with E-state index in [-0.39, 0.29) is 5.02 Å². The molecule has 1 rings (SSSR count). The van der Waals surface area contributed by atoms with Gasteiger partial charge in [-0.3, -0.25) is 0 Å². The van der Waals surface area contributed by atoms with Crippen molar-refractivity contribution in [1.29, 1.82) is 0 Å². The zero-order valence-corrected chi connectivity index (χ0v) is 9.92. The van der Waals surface area contributed by atoms with Crippen LogP contribution in [0, 0.1) is 0 Å². The van der Waals surface area contributed by atoms with Crippen molar-refractivity contribution in [2.75, 3.05) is 5.32 Å². The lowest BCUT2D eigenvalue weighted by Gasteiger charge is -2.07. The maximum Gasteiger partial charge on any atom is 0.329 e. The number of halogens is 2. The van der Waals surface area contributed by atoms with Gasteiger partial charge < -0.3 is 15.7 Å². The van der Waals surface area contributed by atoms with Crippen LogP contribution in [0.15, 0.2) is 30.5 Å². The first-order valence-corrected chi connectivity index (χ1v) is 5.17. The lowest BCUT2D eigenvalue weighted by Crippen LogP contribution is -2.24. The van der Waals surface area contributed by atoms with Crippen molar-refractivity contribution in [2.45, 2.75) is 0 Å². The third-order valence-electron chi connectivity index (χ3n) is 1.64. The van der Waals surface area contributed by atoms with E-state index >= 15 is 0 Å². The van der Waals surface area contributed by atoms with Gasteiger partial charge in [-0.1, -0.05) is 29.3 Å². The lowest BCUT2D eigenvalue weighted by atomic mass is 10.3. The molecule has 1 aromatic carbocycles. The average Bonchev–Trinajstić information content (AvgIpc) is 2.24. The molecule has 2 amide bonds. The minimum Gasteiger partial charge on any atom is -0.478 e. The molecule has 5 nitrogen and oxygen atoms in total. The number of amides is 2. The van der Waals surface area contributed by atoms with Crippen LogP contribution in [0.1, 0.15) is 0 Å². The molecule has 0 spiro atoms. The third kappa shape index (κ3) is 4.34. The number of carboxylic acid groups (broad SMARTS) is 1. The monoisotopic (exact) mass is 274 g/mol. The lowest BCUT2D eigenvalue weighted by molar-refractivity contribution is -0.131. The maximum absolute atomic E-state index is 11.3. The number of nitrogens with one attached hydrogen (secondary N) is 2. The molecule has 0 radical (unpaired) electrons. The van der Waals surface area contributed by atoms with Crippen LogP contribution in [0.4, 0.5) is 10.5 Å². The Morgan fingerprint density at radius 3 is 2.65 bits per heavy atom. The van der Waals surface area contributed by atoms with E-state index in [1.54, 1.807) is 18.2 Å². The molecule has 0 fully saturated rings. The number of urea groups is 1. The van der Waals surface area contributed by atoms with E-state index in [0.29, 0.717) is 10.7 Å². The Kier molecular flexibility index (Phi) is 4.81. The SMILES string of the molecule is O=C(O)/C=C/NC(=O)Nc1cccc(Cl)c1Cl. The molecule has 17 heavy (non-hydrogen) atoms. The number of rotatable bonds is 3. The molecule has 0 aliphatic carbocycles. The van der Waals surface area contributed by atoms with Gasteiger partial charge >= 0.3 is 12.0 Å². The summed E-state index contributed by atoms with van der Waals surface area (Å²) in [6.07, 6.45) is 1.79. The fourth-order valence-electron chi connectivity index (χ4n) is 0.947. The first kappa shape index (κ1) is 13.3. The van der Waals surface area contributed by atoms with Gasteiger partial charge in [-0.05, 0) is 12.1 Å². The van der Waals surface area contributed by atoms with Crippen molar-refractivity contribution in [3.05, 3.63) is 40.5 Å². The zero-order valence-electron chi connectivity index (χ0n) is 8.41. The number of hydrogen-bond donors (Lipinski definition) is 3. The maximum atomic E-state index is 11.3. The highest BCUT2D eigenvalue weighted by atomic mass is 35.5. The first-order valence-electron chi connectivity index (χ1n) is 4.41. The Morgan fingerprint density at radius 1 is 1.29 bits per heavy atom. The van der Waals surface area contributed by atoms with Gasteiger partial charge in [0.05, 0.1) is 15.7 Å². The summed E-state index contributed by atoms with van der Waals surface area (Å²) in [5.74, 6) is -1.16. The first-order chi connectivity index (χ1) is 8.00. The van der Waals surface area contributed by atoms with Gasteiger partial charge in [0, 0.05) is 12.3 Å². The summed E-state index contributed by atoms with van der Waals surface area (Å²) in [7, 11) is 0. The minimum atomic E-state index is -1.16. The van der Waals surface area contributed by atoms with Gasteiger partial charge in [-0.2, -0.15) is 0 Å². The van der Waals surface area contributed by atoms with Crippen LogP contribution < -0.4 is 10.6 Å². The van der Waals surface area contributed by atoms with Crippen LogP contribution in [-0.4, -0.2) is 17.1 Å². The standard InChI is InChI=1S/C10H8Cl2N2O3/c11-6-2-1-3-7(9(6)12)14-10(17)13-5-4-8(15)16/h1-5H,(H,15,16)(H2,13,14,17)/b5-4+. The summed E-state index contributed by atoms with van der Waals surface area (Å²) in [6, 6.07) is 4.15. The molecule has 0 aliphatic heterocycles. The van der Waals surface area contributed by atoms with Crippen LogP contribution in [0.3, 0.4) is 0 Å². The molecule has 3 N–H and O–H groups in total. The Bertz CT molecular complexity index is 475. The summed E-state index contributed by atoms with van der Waals surface area (Å²) in [4.78, 5) is 21.4. The van der Waals surface area contributed by atoms with E-state index in [9.17, 15) is 9.59 Å². The Hall–Kier alpha value is -1.72. The molecule has 0 aliphatic rings. The second-order valence-electron chi connectivity index (χ2n) is 2.87. The molecule has 90 valence electrons. The molecule has 0 saturated carbocycles. The van der Waals surface area contributed by atoms with Crippen LogP contribution >= 0.6 is 23.2 Å². The summed E-state index contributed by atoms with van der Waals surface area (Å²) in [5.41, 5.74) is 0.334. The number of carboxylic acids is 1. The van der Waals surface area contributed by atoms with E-state index in [4.69, 9.17) is 28.3 Å². The molecule has 7 heteroatoms. The van der Waals surface area contributed by atoms with Crippen LogP contribution in [-0.2, 0) is 4.79 Å². The number of carbonyl (C=O) groups excluding carboxylic acids is 1. The highest BCUT2D eigenvalue weighted by molar-refractivity contribution is 6.43. The Morgan fingerprint density at radius 2 is 2.00 bits per heavy atom. The number of benzene rings is 1. The third-order valence-corrected chi connectivity index (χ3v) is 2.46. The fourth-order valence-corrected chi connectivity index (χ4v) is 1.30. The predicted octanol–water partition coefficient (Wildman–Crippen LogP) is 2.71. The summed E-state index contributed by atoms with van der Waals surface area (Å²) >= 11 is 11.6. The fraction of sp³-hybridized carbons (Fsp3) is 0. The van der Waals surface area contributed by atoms with E-state index in [1.807, 2.05) is 0 Å². The quantitative estimate of drug-likeness (QED) is 0.742. The second kappa shape index (κ2) is 6.12. The predicted molar refractivity (Wildman–Crippen MR) is 65.4 cm³/mol. The van der Waals surface area contributed by atoms with E-state index in [2.05, 4.69) is 10.6 Å². The number of aliphatic carboxylic acids is 1. The van der Waals surface area contributed by atoms with Crippen LogP contribution in [0.2, 0.25) is 10.0 Å². The van der Waals surface area contributed by atoms with Gasteiger partial charge in [0.15, 0.2) is 0 Å². The average molecular weight is 275 g/mol. The molecule has 0 aromatic heterocycles. The van der Waals surface area contributed by atoms with Crippen molar-refractivity contribution in [1.82, 2.24) is 5.32 Å². The van der Waals surface area contributed by atoms with E-state index < -0.39 is 12.0 Å². The van der Waals surface area contributed by atoms with Gasteiger partial charge in [0.25, 0.3) is 0 Å². The van der Waals surface area contributed by atoms with Gasteiger partial charge in [-0.15, -0.1) is 0 Å². The minimum absolute atomic E-state index is 0.214. The molecular weight excluding hydrogens is 267 g/mol. The van der Waals surface area contributed by atoms with Crippen molar-refractivity contribution < 1.29 is 14.7 Å². The normalized spacial score (nSPS) is 10.2. The largest absolute Gasteiger partial charge is 0.478 e. The molecule has 1 aromatic rings. The van der Waals surface area contributed by atoms with Crippen molar-refractivity contribution in [3.8, 4) is 0 Å². The number of carbonyl (C=O) groups is 2. The Labute approximate surface area is 107 Å². The second-order valence-corrected chi connectivity index (χ2v) is 3.66. The van der Waals surface area contributed by atoms with E-state index in [0.717, 1.165) is 12.3 Å². The van der Waals surface area contributed by atoms with Crippen LogP contribution in [0.5, 0.6) is 0 Å². The topological polar surface area (TPSA) is 78.4 Å². The molecular formula is C10H8Cl2N2O3. The summed E-state index contributed by atoms with van der Waals surface area (Å²) < 4.78 is 0. The summed E-state index contributed by atoms with van der Waals surface area (Å²) in [6.45, 7) is 0. The number of anilines is 1. The highest BCUT2D eigenvalue weighted by Gasteiger charge is 2.06. The van der Waals surface area contributed by atoms with Crippen LogP contribution in [0.25, 0.3) is 0 Å². The van der Waals surface area contributed by atoms with Gasteiger partial charge in [-0.25, -0.2) is 9.59 Å². The molecule has 0 atom stereocenters. The van der Waals surface area contributed by atoms with Gasteiger partial charge in [0.1, 0.15) is 0 Å². The molecule has 0 heterocycles. The molecule has 0 unspecified atom stereocenters. The van der Waals surface area contributed by atoms with E-state index in [1.165, 1.54) is 0 Å². The smallest absolute Gasteiger partial charge is 0.329 e. The van der Waals surface area contributed by atoms with Crippen molar-refractivity contribution in [3.63, 3.8) is 0 Å². The number of hydrogen-bond acceptors (Lipinski definition) is 2. The molecule has 0 bridgehead atoms. The van der Waals surface area contributed by atoms with Crippen molar-refractivity contribution >= 4 is 40.9 Å². The van der Waals surface area contributed by atoms with Crippen molar-refractivity contribution in [2.24, 2.45) is 0 Å². The van der Waals surface area contributed by atoms with Gasteiger partial charge in [0.2, 0.25) is 0 Å². The zero-order chi connectivity index (χ0) is 12.8. The summed E-state index contributed by atoms with van der Waals surface area (Å²) in [5, 5.41) is 13.4. The molecule has 0 saturated heterocycles. The Balaban J connectivity index is 2.62.